The number of carbonyl (C=O) groups is 3. The first kappa shape index (κ1) is 21.6. The van der Waals surface area contributed by atoms with E-state index in [0.717, 1.165) is 28.5 Å². The molecule has 0 aromatic heterocycles. The SMILES string of the molecule is CCCCOC(=O)c1cccc(NC2=C(Cl)C(=O)N(c3cccc4ccccc34)C2=O)c1. The van der Waals surface area contributed by atoms with Gasteiger partial charge in [0.05, 0.1) is 17.9 Å². The van der Waals surface area contributed by atoms with Crippen LogP contribution < -0.4 is 10.2 Å². The third-order valence-electron chi connectivity index (χ3n) is 5.13. The normalized spacial score (nSPS) is 13.8. The van der Waals surface area contributed by atoms with Crippen molar-refractivity contribution in [3.63, 3.8) is 0 Å². The average molecular weight is 449 g/mol. The number of ether oxygens (including phenoxy) is 1. The molecular weight excluding hydrogens is 428 g/mol. The van der Waals surface area contributed by atoms with E-state index < -0.39 is 17.8 Å². The molecule has 0 atom stereocenters. The van der Waals surface area contributed by atoms with Crippen molar-refractivity contribution in [2.24, 2.45) is 0 Å². The number of halogens is 1. The number of amides is 2. The highest BCUT2D eigenvalue weighted by atomic mass is 35.5. The van der Waals surface area contributed by atoms with Gasteiger partial charge in [-0.3, -0.25) is 9.59 Å². The molecule has 1 aliphatic heterocycles. The number of nitrogens with one attached hydrogen (secondary N) is 1. The third kappa shape index (κ3) is 4.09. The van der Waals surface area contributed by atoms with Crippen LogP contribution in [0.5, 0.6) is 0 Å². The number of benzene rings is 3. The highest BCUT2D eigenvalue weighted by Crippen LogP contribution is 2.34. The highest BCUT2D eigenvalue weighted by molar-refractivity contribution is 6.53. The third-order valence-corrected chi connectivity index (χ3v) is 5.48. The summed E-state index contributed by atoms with van der Waals surface area (Å²) in [7, 11) is 0. The fourth-order valence-electron chi connectivity index (χ4n) is 3.49. The lowest BCUT2D eigenvalue weighted by molar-refractivity contribution is -0.120. The molecule has 2 amide bonds. The van der Waals surface area contributed by atoms with Crippen molar-refractivity contribution in [3.8, 4) is 0 Å². The van der Waals surface area contributed by atoms with E-state index in [1.165, 1.54) is 0 Å². The van der Waals surface area contributed by atoms with Gasteiger partial charge in [-0.2, -0.15) is 0 Å². The predicted molar refractivity (Wildman–Crippen MR) is 125 cm³/mol. The van der Waals surface area contributed by atoms with Crippen LogP contribution >= 0.6 is 11.6 Å². The van der Waals surface area contributed by atoms with E-state index >= 15 is 0 Å². The number of hydrogen-bond acceptors (Lipinski definition) is 5. The molecule has 1 heterocycles. The molecule has 3 aromatic rings. The van der Waals surface area contributed by atoms with Crippen LogP contribution in [0.1, 0.15) is 30.1 Å². The Bertz CT molecular complexity index is 1250. The summed E-state index contributed by atoms with van der Waals surface area (Å²) in [5.41, 5.74) is 1.21. The standard InChI is InChI=1S/C25H21ClN2O4/c1-2-3-14-32-25(31)17-10-6-11-18(15-17)27-22-21(26)23(29)28(24(22)30)20-13-7-9-16-8-4-5-12-19(16)20/h4-13,15,27H,2-3,14H2,1H3. The molecule has 0 spiro atoms. The molecule has 0 unspecified atom stereocenters. The number of carbonyl (C=O) groups excluding carboxylic acids is 3. The lowest BCUT2D eigenvalue weighted by atomic mass is 10.1. The van der Waals surface area contributed by atoms with Crippen LogP contribution in [0.2, 0.25) is 0 Å². The topological polar surface area (TPSA) is 75.7 Å². The number of esters is 1. The Morgan fingerprint density at radius 2 is 1.75 bits per heavy atom. The summed E-state index contributed by atoms with van der Waals surface area (Å²) in [5, 5.41) is 4.36. The van der Waals surface area contributed by atoms with Gasteiger partial charge < -0.3 is 10.1 Å². The molecule has 7 heteroatoms. The number of nitrogens with zero attached hydrogens (tertiary/aromatic N) is 1. The molecule has 1 aliphatic rings. The van der Waals surface area contributed by atoms with Crippen molar-refractivity contribution in [2.45, 2.75) is 19.8 Å². The van der Waals surface area contributed by atoms with Gasteiger partial charge >= 0.3 is 5.97 Å². The van der Waals surface area contributed by atoms with Crippen LogP contribution in [0.4, 0.5) is 11.4 Å². The quantitative estimate of drug-likeness (QED) is 0.304. The van der Waals surface area contributed by atoms with E-state index in [1.54, 1.807) is 36.4 Å². The summed E-state index contributed by atoms with van der Waals surface area (Å²) < 4.78 is 5.23. The van der Waals surface area contributed by atoms with Gasteiger partial charge in [0.15, 0.2) is 0 Å². The van der Waals surface area contributed by atoms with E-state index in [2.05, 4.69) is 5.32 Å². The molecule has 4 rings (SSSR count). The van der Waals surface area contributed by atoms with Crippen molar-refractivity contribution >= 4 is 51.5 Å². The van der Waals surface area contributed by atoms with Crippen LogP contribution in [-0.2, 0) is 14.3 Å². The summed E-state index contributed by atoms with van der Waals surface area (Å²) in [4.78, 5) is 39.4. The van der Waals surface area contributed by atoms with Gasteiger partial charge in [0.1, 0.15) is 10.7 Å². The summed E-state index contributed by atoms with van der Waals surface area (Å²) in [5.74, 6) is -1.62. The van der Waals surface area contributed by atoms with Crippen LogP contribution in [0, 0.1) is 0 Å². The van der Waals surface area contributed by atoms with Crippen LogP contribution in [0.3, 0.4) is 0 Å². The van der Waals surface area contributed by atoms with Gasteiger partial charge in [-0.05, 0) is 36.1 Å². The summed E-state index contributed by atoms with van der Waals surface area (Å²) in [6.45, 7) is 2.36. The van der Waals surface area contributed by atoms with E-state index in [1.807, 2.05) is 37.3 Å². The molecule has 1 N–H and O–H groups in total. The molecule has 0 radical (unpaired) electrons. The number of anilines is 2. The maximum atomic E-state index is 13.2. The molecule has 0 bridgehead atoms. The molecule has 0 saturated carbocycles. The minimum Gasteiger partial charge on any atom is -0.462 e. The van der Waals surface area contributed by atoms with Crippen LogP contribution in [0.25, 0.3) is 10.8 Å². The number of imide groups is 1. The largest absolute Gasteiger partial charge is 0.462 e. The zero-order valence-corrected chi connectivity index (χ0v) is 18.2. The number of hydrogen-bond donors (Lipinski definition) is 1. The van der Waals surface area contributed by atoms with Crippen molar-refractivity contribution in [2.75, 3.05) is 16.8 Å². The molecular formula is C25H21ClN2O4. The first-order valence-corrected chi connectivity index (χ1v) is 10.7. The summed E-state index contributed by atoms with van der Waals surface area (Å²) >= 11 is 6.27. The van der Waals surface area contributed by atoms with Gasteiger partial charge in [0.2, 0.25) is 0 Å². The minimum atomic E-state index is -0.606. The van der Waals surface area contributed by atoms with Gasteiger partial charge in [0.25, 0.3) is 11.8 Å². The van der Waals surface area contributed by atoms with Crippen molar-refractivity contribution in [1.82, 2.24) is 0 Å². The molecule has 162 valence electrons. The zero-order valence-electron chi connectivity index (χ0n) is 17.4. The van der Waals surface area contributed by atoms with Gasteiger partial charge in [-0.25, -0.2) is 9.69 Å². The van der Waals surface area contributed by atoms with E-state index in [4.69, 9.17) is 16.3 Å². The smallest absolute Gasteiger partial charge is 0.338 e. The summed E-state index contributed by atoms with van der Waals surface area (Å²) in [6, 6.07) is 19.4. The first-order valence-electron chi connectivity index (χ1n) is 10.3. The van der Waals surface area contributed by atoms with E-state index in [9.17, 15) is 14.4 Å². The molecule has 6 nitrogen and oxygen atoms in total. The second-order valence-electron chi connectivity index (χ2n) is 7.33. The Hall–Kier alpha value is -3.64. The zero-order chi connectivity index (χ0) is 22.7. The number of fused-ring (bicyclic) bond motifs is 1. The van der Waals surface area contributed by atoms with Gasteiger partial charge in [0, 0.05) is 11.1 Å². The molecule has 0 saturated heterocycles. The second kappa shape index (κ2) is 9.24. The Morgan fingerprint density at radius 1 is 1.00 bits per heavy atom. The first-order chi connectivity index (χ1) is 15.5. The molecule has 3 aromatic carbocycles. The molecule has 32 heavy (non-hydrogen) atoms. The van der Waals surface area contributed by atoms with E-state index in [0.29, 0.717) is 23.5 Å². The Labute approximate surface area is 190 Å². The van der Waals surface area contributed by atoms with E-state index in [-0.39, 0.29) is 10.7 Å². The lowest BCUT2D eigenvalue weighted by Crippen LogP contribution is -2.32. The van der Waals surface area contributed by atoms with Gasteiger partial charge in [-0.15, -0.1) is 0 Å². The second-order valence-corrected chi connectivity index (χ2v) is 7.71. The monoisotopic (exact) mass is 448 g/mol. The van der Waals surface area contributed by atoms with Gasteiger partial charge in [-0.1, -0.05) is 67.4 Å². The van der Waals surface area contributed by atoms with Crippen molar-refractivity contribution in [3.05, 3.63) is 83.0 Å². The number of unbranched alkanes of at least 4 members (excludes halogenated alkanes) is 1. The Morgan fingerprint density at radius 3 is 2.56 bits per heavy atom. The molecule has 0 fully saturated rings. The number of rotatable bonds is 7. The summed E-state index contributed by atoms with van der Waals surface area (Å²) in [6.07, 6.45) is 1.71. The maximum absolute atomic E-state index is 13.2. The minimum absolute atomic E-state index is 0.0406. The fraction of sp³-hybridized carbons (Fsp3) is 0.160. The van der Waals surface area contributed by atoms with Crippen LogP contribution in [0.15, 0.2) is 77.5 Å². The Kier molecular flexibility index (Phi) is 6.23. The van der Waals surface area contributed by atoms with Crippen LogP contribution in [-0.4, -0.2) is 24.4 Å². The van der Waals surface area contributed by atoms with Crippen molar-refractivity contribution in [1.29, 1.82) is 0 Å². The predicted octanol–water partition coefficient (Wildman–Crippen LogP) is 5.23. The highest BCUT2D eigenvalue weighted by Gasteiger charge is 2.39. The van der Waals surface area contributed by atoms with Crippen molar-refractivity contribution < 1.29 is 19.1 Å². The fourth-order valence-corrected chi connectivity index (χ4v) is 3.71. The lowest BCUT2D eigenvalue weighted by Gasteiger charge is -2.17. The average Bonchev–Trinajstić information content (AvgIpc) is 3.02. The maximum Gasteiger partial charge on any atom is 0.338 e. The molecule has 0 aliphatic carbocycles. The Balaban J connectivity index is 1.59.